The summed E-state index contributed by atoms with van der Waals surface area (Å²) in [6, 6.07) is 12.6. The first-order valence-corrected chi connectivity index (χ1v) is 6.70. The quantitative estimate of drug-likeness (QED) is 0.582. The van der Waals surface area contributed by atoms with Gasteiger partial charge in [-0.2, -0.15) is 0 Å². The van der Waals surface area contributed by atoms with Gasteiger partial charge in [-0.25, -0.2) is 4.79 Å². The summed E-state index contributed by atoms with van der Waals surface area (Å²) < 4.78 is 0. The highest BCUT2D eigenvalue weighted by atomic mass is 16.6. The molecule has 0 saturated heterocycles. The second-order valence-electron chi connectivity index (χ2n) is 4.62. The first-order valence-electron chi connectivity index (χ1n) is 6.70. The highest BCUT2D eigenvalue weighted by molar-refractivity contribution is 5.99. The Morgan fingerprint density at radius 3 is 1.95 bits per heavy atom. The number of nitrogens with two attached hydrogens (primary N) is 1. The average molecular weight is 300 g/mol. The fourth-order valence-electron chi connectivity index (χ4n) is 1.88. The van der Waals surface area contributed by atoms with Crippen molar-refractivity contribution in [1.29, 1.82) is 0 Å². The zero-order valence-electron chi connectivity index (χ0n) is 11.8. The SMILES string of the molecule is NCCc1ccc(NC(=O)Nc2ccc([N+](=O)[O-])cc2)cc1. The molecule has 0 aliphatic carbocycles. The van der Waals surface area contributed by atoms with Gasteiger partial charge in [0.2, 0.25) is 0 Å². The van der Waals surface area contributed by atoms with E-state index in [9.17, 15) is 14.9 Å². The molecule has 0 atom stereocenters. The molecule has 0 saturated carbocycles. The minimum absolute atomic E-state index is 0.0264. The van der Waals surface area contributed by atoms with E-state index in [4.69, 9.17) is 5.73 Å². The van der Waals surface area contributed by atoms with Crippen LogP contribution >= 0.6 is 0 Å². The van der Waals surface area contributed by atoms with Crippen molar-refractivity contribution in [2.45, 2.75) is 6.42 Å². The van der Waals surface area contributed by atoms with Gasteiger partial charge in [-0.05, 0) is 42.8 Å². The van der Waals surface area contributed by atoms with Gasteiger partial charge in [-0.15, -0.1) is 0 Å². The lowest BCUT2D eigenvalue weighted by atomic mass is 10.1. The maximum atomic E-state index is 11.8. The lowest BCUT2D eigenvalue weighted by molar-refractivity contribution is -0.384. The highest BCUT2D eigenvalue weighted by Crippen LogP contribution is 2.16. The molecule has 0 aliphatic heterocycles. The number of rotatable bonds is 5. The summed E-state index contributed by atoms with van der Waals surface area (Å²) in [5.74, 6) is 0. The number of nitrogens with zero attached hydrogens (tertiary/aromatic N) is 1. The van der Waals surface area contributed by atoms with Crippen LogP contribution in [0.25, 0.3) is 0 Å². The van der Waals surface area contributed by atoms with E-state index < -0.39 is 11.0 Å². The third-order valence-corrected chi connectivity index (χ3v) is 2.98. The van der Waals surface area contributed by atoms with E-state index in [1.54, 1.807) is 12.1 Å². The molecular weight excluding hydrogens is 284 g/mol. The van der Waals surface area contributed by atoms with Crippen molar-refractivity contribution in [3.63, 3.8) is 0 Å². The molecular formula is C15H16N4O3. The van der Waals surface area contributed by atoms with Crippen LogP contribution in [0.5, 0.6) is 0 Å². The lowest BCUT2D eigenvalue weighted by Crippen LogP contribution is -2.19. The molecule has 2 amide bonds. The van der Waals surface area contributed by atoms with E-state index in [2.05, 4.69) is 10.6 Å². The molecule has 0 aliphatic rings. The van der Waals surface area contributed by atoms with E-state index in [1.165, 1.54) is 24.3 Å². The van der Waals surface area contributed by atoms with E-state index in [0.29, 0.717) is 17.9 Å². The Balaban J connectivity index is 1.93. The van der Waals surface area contributed by atoms with Crippen LogP contribution in [0.2, 0.25) is 0 Å². The van der Waals surface area contributed by atoms with Crippen LogP contribution < -0.4 is 16.4 Å². The standard InChI is InChI=1S/C15H16N4O3/c16-10-9-11-1-3-12(4-2-11)17-15(20)18-13-5-7-14(8-6-13)19(21)22/h1-8H,9-10,16H2,(H2,17,18,20). The van der Waals surface area contributed by atoms with Gasteiger partial charge in [0, 0.05) is 23.5 Å². The fourth-order valence-corrected chi connectivity index (χ4v) is 1.88. The van der Waals surface area contributed by atoms with Crippen molar-refractivity contribution in [1.82, 2.24) is 0 Å². The molecule has 4 N–H and O–H groups in total. The van der Waals surface area contributed by atoms with Gasteiger partial charge in [0.05, 0.1) is 4.92 Å². The Morgan fingerprint density at radius 1 is 1.00 bits per heavy atom. The van der Waals surface area contributed by atoms with E-state index in [1.807, 2.05) is 12.1 Å². The number of carbonyl (C=O) groups is 1. The minimum Gasteiger partial charge on any atom is -0.330 e. The van der Waals surface area contributed by atoms with Gasteiger partial charge in [-0.1, -0.05) is 12.1 Å². The lowest BCUT2D eigenvalue weighted by Gasteiger charge is -2.08. The molecule has 114 valence electrons. The van der Waals surface area contributed by atoms with Crippen LogP contribution in [0.15, 0.2) is 48.5 Å². The Bertz CT molecular complexity index is 653. The Hall–Kier alpha value is -2.93. The molecule has 7 heteroatoms. The first kappa shape index (κ1) is 15.5. The number of nitro groups is 1. The fraction of sp³-hybridized carbons (Fsp3) is 0.133. The maximum Gasteiger partial charge on any atom is 0.323 e. The van der Waals surface area contributed by atoms with E-state index in [-0.39, 0.29) is 5.69 Å². The van der Waals surface area contributed by atoms with Gasteiger partial charge in [0.25, 0.3) is 5.69 Å². The van der Waals surface area contributed by atoms with Crippen molar-refractivity contribution in [2.24, 2.45) is 5.73 Å². The zero-order valence-corrected chi connectivity index (χ0v) is 11.8. The number of carbonyl (C=O) groups excluding carboxylic acids is 1. The number of nitro benzene ring substituents is 1. The number of amides is 2. The maximum absolute atomic E-state index is 11.8. The average Bonchev–Trinajstić information content (AvgIpc) is 2.50. The number of urea groups is 1. The van der Waals surface area contributed by atoms with Crippen molar-refractivity contribution in [2.75, 3.05) is 17.2 Å². The summed E-state index contributed by atoms with van der Waals surface area (Å²) in [4.78, 5) is 21.9. The number of nitrogens with one attached hydrogen (secondary N) is 2. The number of non-ortho nitro benzene ring substituents is 1. The molecule has 22 heavy (non-hydrogen) atoms. The summed E-state index contributed by atoms with van der Waals surface area (Å²) in [6.07, 6.45) is 0.787. The van der Waals surface area contributed by atoms with E-state index in [0.717, 1.165) is 12.0 Å². The van der Waals surface area contributed by atoms with Crippen molar-refractivity contribution >= 4 is 23.1 Å². The largest absolute Gasteiger partial charge is 0.330 e. The second kappa shape index (κ2) is 7.19. The number of anilines is 2. The van der Waals surface area contributed by atoms with Crippen LogP contribution in [0, 0.1) is 10.1 Å². The minimum atomic E-state index is -0.493. The molecule has 0 heterocycles. The topological polar surface area (TPSA) is 110 Å². The van der Waals surface area contributed by atoms with Gasteiger partial charge in [0.15, 0.2) is 0 Å². The predicted octanol–water partition coefficient (Wildman–Crippen LogP) is 2.74. The van der Waals surface area contributed by atoms with Crippen molar-refractivity contribution < 1.29 is 9.72 Å². The number of benzene rings is 2. The number of hydrogen-bond acceptors (Lipinski definition) is 4. The van der Waals surface area contributed by atoms with Crippen LogP contribution in [-0.2, 0) is 6.42 Å². The zero-order chi connectivity index (χ0) is 15.9. The van der Waals surface area contributed by atoms with Crippen LogP contribution in [0.1, 0.15) is 5.56 Å². The molecule has 2 aromatic rings. The van der Waals surface area contributed by atoms with Crippen LogP contribution in [0.4, 0.5) is 21.9 Å². The van der Waals surface area contributed by atoms with Gasteiger partial charge < -0.3 is 16.4 Å². The summed E-state index contributed by atoms with van der Waals surface area (Å²) in [5, 5.41) is 15.8. The molecule has 0 bridgehead atoms. The molecule has 0 spiro atoms. The third-order valence-electron chi connectivity index (χ3n) is 2.98. The summed E-state index contributed by atoms with van der Waals surface area (Å²) in [5.41, 5.74) is 7.67. The molecule has 0 aromatic heterocycles. The summed E-state index contributed by atoms with van der Waals surface area (Å²) >= 11 is 0. The molecule has 7 nitrogen and oxygen atoms in total. The molecule has 0 fully saturated rings. The Labute approximate surface area is 127 Å². The second-order valence-corrected chi connectivity index (χ2v) is 4.62. The van der Waals surface area contributed by atoms with E-state index >= 15 is 0 Å². The normalized spacial score (nSPS) is 10.0. The van der Waals surface area contributed by atoms with Crippen molar-refractivity contribution in [3.05, 3.63) is 64.2 Å². The molecule has 2 rings (SSSR count). The number of hydrogen-bond donors (Lipinski definition) is 3. The van der Waals surface area contributed by atoms with Gasteiger partial charge >= 0.3 is 6.03 Å². The Morgan fingerprint density at radius 2 is 1.50 bits per heavy atom. The molecule has 0 radical (unpaired) electrons. The first-order chi connectivity index (χ1) is 10.6. The molecule has 2 aromatic carbocycles. The van der Waals surface area contributed by atoms with Crippen LogP contribution in [0.3, 0.4) is 0 Å². The predicted molar refractivity (Wildman–Crippen MR) is 84.9 cm³/mol. The van der Waals surface area contributed by atoms with Crippen LogP contribution in [-0.4, -0.2) is 17.5 Å². The van der Waals surface area contributed by atoms with Gasteiger partial charge in [0.1, 0.15) is 0 Å². The van der Waals surface area contributed by atoms with Gasteiger partial charge in [-0.3, -0.25) is 10.1 Å². The molecule has 0 unspecified atom stereocenters. The smallest absolute Gasteiger partial charge is 0.323 e. The Kier molecular flexibility index (Phi) is 5.05. The third kappa shape index (κ3) is 4.29. The monoisotopic (exact) mass is 300 g/mol. The highest BCUT2D eigenvalue weighted by Gasteiger charge is 2.06. The summed E-state index contributed by atoms with van der Waals surface area (Å²) in [7, 11) is 0. The summed E-state index contributed by atoms with van der Waals surface area (Å²) in [6.45, 7) is 0.577. The van der Waals surface area contributed by atoms with Crippen molar-refractivity contribution in [3.8, 4) is 0 Å².